The molecular weight excluding hydrogens is 140 g/mol. The van der Waals surface area contributed by atoms with E-state index in [0.717, 1.165) is 12.1 Å². The highest BCUT2D eigenvalue weighted by molar-refractivity contribution is 6.62. The molecule has 0 spiro atoms. The van der Waals surface area contributed by atoms with E-state index >= 15 is 0 Å². The van der Waals surface area contributed by atoms with Gasteiger partial charge in [-0.05, 0) is 18.5 Å². The number of halogens is 1. The average Bonchev–Trinajstić information content (AvgIpc) is 2.14. The highest BCUT2D eigenvalue weighted by Crippen LogP contribution is 2.07. The van der Waals surface area contributed by atoms with Crippen LogP contribution in [0.3, 0.4) is 0 Å². The lowest BCUT2D eigenvalue weighted by molar-refractivity contribution is 0.229. The molecule has 0 N–H and O–H groups in total. The lowest BCUT2D eigenvalue weighted by atomic mass is 10.3. The van der Waals surface area contributed by atoms with Crippen LogP contribution in [-0.2, 0) is 0 Å². The normalized spacial score (nSPS) is 18.0. The molecule has 1 aliphatic heterocycles. The number of hydrazone groups is 1. The number of carbonyl (C=O) groups excluding carboxylic acids is 1. The summed E-state index contributed by atoms with van der Waals surface area (Å²) in [5, 5.41) is 4.62. The molecule has 50 valence electrons. The average molecular weight is 147 g/mol. The summed E-state index contributed by atoms with van der Waals surface area (Å²) in [5.41, 5.74) is 0.962. The second kappa shape index (κ2) is 2.35. The van der Waals surface area contributed by atoms with Gasteiger partial charge in [0.2, 0.25) is 0 Å². The van der Waals surface area contributed by atoms with Crippen molar-refractivity contribution >= 4 is 22.7 Å². The van der Waals surface area contributed by atoms with Crippen LogP contribution >= 0.6 is 11.6 Å². The van der Waals surface area contributed by atoms with Crippen molar-refractivity contribution in [2.75, 3.05) is 6.54 Å². The monoisotopic (exact) mass is 146 g/mol. The molecular formula is C5H7ClN2O. The lowest BCUT2D eigenvalue weighted by Crippen LogP contribution is -2.15. The Morgan fingerprint density at radius 1 is 1.89 bits per heavy atom. The van der Waals surface area contributed by atoms with Gasteiger partial charge in [-0.15, -0.1) is 0 Å². The number of amides is 1. The first kappa shape index (κ1) is 6.55. The first-order valence-corrected chi connectivity index (χ1v) is 3.09. The Balaban J connectivity index is 2.57. The van der Waals surface area contributed by atoms with Crippen LogP contribution in [0.15, 0.2) is 5.10 Å². The Bertz CT molecular complexity index is 166. The summed E-state index contributed by atoms with van der Waals surface area (Å²) in [6.07, 6.45) is 0.846. The maximum atomic E-state index is 10.4. The predicted molar refractivity (Wildman–Crippen MR) is 35.7 cm³/mol. The summed E-state index contributed by atoms with van der Waals surface area (Å²) in [7, 11) is 0. The highest BCUT2D eigenvalue weighted by atomic mass is 35.5. The van der Waals surface area contributed by atoms with Crippen molar-refractivity contribution < 1.29 is 4.79 Å². The molecule has 0 radical (unpaired) electrons. The minimum absolute atomic E-state index is 0.494. The summed E-state index contributed by atoms with van der Waals surface area (Å²) >= 11 is 5.13. The van der Waals surface area contributed by atoms with Gasteiger partial charge in [0.05, 0.1) is 6.54 Å². The number of carbonyl (C=O) groups is 1. The van der Waals surface area contributed by atoms with Crippen molar-refractivity contribution in [1.29, 1.82) is 0 Å². The summed E-state index contributed by atoms with van der Waals surface area (Å²) in [6, 6.07) is 0. The van der Waals surface area contributed by atoms with E-state index in [9.17, 15) is 4.79 Å². The van der Waals surface area contributed by atoms with Crippen LogP contribution in [0.25, 0.3) is 0 Å². The van der Waals surface area contributed by atoms with Gasteiger partial charge in [-0.1, -0.05) is 0 Å². The van der Waals surface area contributed by atoms with Gasteiger partial charge in [0.15, 0.2) is 0 Å². The van der Waals surface area contributed by atoms with E-state index < -0.39 is 5.37 Å². The Kier molecular flexibility index (Phi) is 1.71. The molecule has 0 aromatic heterocycles. The van der Waals surface area contributed by atoms with Crippen LogP contribution in [-0.4, -0.2) is 22.6 Å². The van der Waals surface area contributed by atoms with Crippen molar-refractivity contribution in [3.05, 3.63) is 0 Å². The van der Waals surface area contributed by atoms with E-state index in [-0.39, 0.29) is 0 Å². The SMILES string of the molecule is CC1=NN(C(=O)Cl)CC1. The summed E-state index contributed by atoms with van der Waals surface area (Å²) < 4.78 is 0. The lowest BCUT2D eigenvalue weighted by Gasteiger charge is -2.03. The third kappa shape index (κ3) is 1.42. The fourth-order valence-corrected chi connectivity index (χ4v) is 0.823. The molecule has 0 aliphatic carbocycles. The standard InChI is InChI=1S/C5H7ClN2O/c1-4-2-3-8(7-4)5(6)9/h2-3H2,1H3. The fraction of sp³-hybridized carbons (Fsp3) is 0.600. The summed E-state index contributed by atoms with van der Waals surface area (Å²) in [5.74, 6) is 0. The molecule has 1 rings (SSSR count). The van der Waals surface area contributed by atoms with Crippen LogP contribution in [0.1, 0.15) is 13.3 Å². The molecule has 0 bridgehead atoms. The molecule has 1 heterocycles. The maximum Gasteiger partial charge on any atom is 0.336 e. The molecule has 1 aliphatic rings. The molecule has 1 amide bonds. The van der Waals surface area contributed by atoms with Gasteiger partial charge >= 0.3 is 5.37 Å². The number of rotatable bonds is 0. The topological polar surface area (TPSA) is 32.7 Å². The minimum atomic E-state index is -0.494. The van der Waals surface area contributed by atoms with E-state index in [0.29, 0.717) is 6.54 Å². The van der Waals surface area contributed by atoms with E-state index in [4.69, 9.17) is 11.6 Å². The molecule has 0 fully saturated rings. The zero-order chi connectivity index (χ0) is 6.85. The van der Waals surface area contributed by atoms with E-state index in [1.165, 1.54) is 5.01 Å². The molecule has 0 atom stereocenters. The third-order valence-electron chi connectivity index (χ3n) is 1.18. The number of hydrogen-bond acceptors (Lipinski definition) is 2. The largest absolute Gasteiger partial charge is 0.336 e. The number of nitrogens with zero attached hydrogens (tertiary/aromatic N) is 2. The van der Waals surface area contributed by atoms with Crippen LogP contribution < -0.4 is 0 Å². The first-order chi connectivity index (χ1) is 4.20. The molecule has 0 aromatic carbocycles. The van der Waals surface area contributed by atoms with Crippen LogP contribution in [0.2, 0.25) is 0 Å². The zero-order valence-electron chi connectivity index (χ0n) is 5.09. The smallest absolute Gasteiger partial charge is 0.253 e. The molecule has 0 aromatic rings. The van der Waals surface area contributed by atoms with Gasteiger partial charge in [-0.25, -0.2) is 5.01 Å². The van der Waals surface area contributed by atoms with Crippen molar-refractivity contribution in [2.45, 2.75) is 13.3 Å². The van der Waals surface area contributed by atoms with E-state index in [1.54, 1.807) is 0 Å². The fourth-order valence-electron chi connectivity index (χ4n) is 0.701. The Hall–Kier alpha value is -0.570. The number of hydrogen-bond donors (Lipinski definition) is 0. The minimum Gasteiger partial charge on any atom is -0.253 e. The Morgan fingerprint density at radius 3 is 2.78 bits per heavy atom. The molecule has 0 saturated heterocycles. The maximum absolute atomic E-state index is 10.4. The molecule has 4 heteroatoms. The van der Waals surface area contributed by atoms with Gasteiger partial charge in [0.1, 0.15) is 0 Å². The van der Waals surface area contributed by atoms with Crippen LogP contribution in [0.5, 0.6) is 0 Å². The molecule has 9 heavy (non-hydrogen) atoms. The van der Waals surface area contributed by atoms with Gasteiger partial charge in [0, 0.05) is 12.1 Å². The van der Waals surface area contributed by atoms with Crippen molar-refractivity contribution in [2.24, 2.45) is 5.10 Å². The zero-order valence-corrected chi connectivity index (χ0v) is 5.85. The summed E-state index contributed by atoms with van der Waals surface area (Å²) in [4.78, 5) is 10.4. The Labute approximate surface area is 58.3 Å². The van der Waals surface area contributed by atoms with Crippen LogP contribution in [0, 0.1) is 0 Å². The van der Waals surface area contributed by atoms with Gasteiger partial charge in [-0.3, -0.25) is 4.79 Å². The van der Waals surface area contributed by atoms with E-state index in [1.807, 2.05) is 6.92 Å². The molecule has 0 saturated carbocycles. The van der Waals surface area contributed by atoms with Gasteiger partial charge in [-0.2, -0.15) is 5.10 Å². The first-order valence-electron chi connectivity index (χ1n) is 2.71. The van der Waals surface area contributed by atoms with Crippen molar-refractivity contribution in [3.8, 4) is 0 Å². The van der Waals surface area contributed by atoms with Crippen molar-refractivity contribution in [3.63, 3.8) is 0 Å². The molecule has 0 unspecified atom stereocenters. The van der Waals surface area contributed by atoms with E-state index in [2.05, 4.69) is 5.10 Å². The highest BCUT2D eigenvalue weighted by Gasteiger charge is 2.15. The quantitative estimate of drug-likeness (QED) is 0.376. The Morgan fingerprint density at radius 2 is 2.56 bits per heavy atom. The predicted octanol–water partition coefficient (Wildman–Crippen LogP) is 1.43. The second-order valence-corrected chi connectivity index (χ2v) is 2.28. The summed E-state index contributed by atoms with van der Waals surface area (Å²) in [6.45, 7) is 2.51. The second-order valence-electron chi connectivity index (χ2n) is 1.96. The van der Waals surface area contributed by atoms with Crippen molar-refractivity contribution in [1.82, 2.24) is 5.01 Å². The van der Waals surface area contributed by atoms with Gasteiger partial charge < -0.3 is 0 Å². The van der Waals surface area contributed by atoms with Gasteiger partial charge in [0.25, 0.3) is 0 Å². The third-order valence-corrected chi connectivity index (χ3v) is 1.37. The molecule has 3 nitrogen and oxygen atoms in total. The van der Waals surface area contributed by atoms with Crippen LogP contribution in [0.4, 0.5) is 4.79 Å².